The number of carbonyl (C=O) groups is 2. The second kappa shape index (κ2) is 7.74. The number of nitrogens with one attached hydrogen (secondary N) is 1. The molecule has 0 aliphatic carbocycles. The first-order chi connectivity index (χ1) is 10.6. The van der Waals surface area contributed by atoms with Crippen molar-refractivity contribution in [2.45, 2.75) is 0 Å². The van der Waals surface area contributed by atoms with Gasteiger partial charge < -0.3 is 20.0 Å². The number of likely N-dealkylation sites (N-methyl/N-ethyl adjacent to an activating group) is 1. The summed E-state index contributed by atoms with van der Waals surface area (Å²) in [5.41, 5.74) is 1.40. The minimum Gasteiger partial charge on any atom is -0.368 e. The Bertz CT molecular complexity index is 512. The fourth-order valence-electron chi connectivity index (χ4n) is 2.31. The highest BCUT2D eigenvalue weighted by Crippen LogP contribution is 2.16. The zero-order valence-corrected chi connectivity index (χ0v) is 13.2. The minimum atomic E-state index is -0.157. The minimum absolute atomic E-state index is 0.157. The van der Waals surface area contributed by atoms with E-state index in [1.807, 2.05) is 31.1 Å². The van der Waals surface area contributed by atoms with Crippen molar-refractivity contribution < 1.29 is 9.59 Å². The van der Waals surface area contributed by atoms with Gasteiger partial charge in [-0.1, -0.05) is 0 Å². The standard InChI is InChI=1S/C15H23N5O2/c1-18(2)6-5-17-15(22)14-11-13(3-4-16-14)20-9-7-19(12-21)8-10-20/h3-4,11-12H,5-10H2,1-2H3,(H,17,22). The molecule has 1 aromatic rings. The van der Waals surface area contributed by atoms with Crippen molar-refractivity contribution in [3.63, 3.8) is 0 Å². The van der Waals surface area contributed by atoms with E-state index in [4.69, 9.17) is 0 Å². The van der Waals surface area contributed by atoms with Crippen molar-refractivity contribution in [3.05, 3.63) is 24.0 Å². The molecule has 0 spiro atoms. The lowest BCUT2D eigenvalue weighted by Crippen LogP contribution is -2.45. The highest BCUT2D eigenvalue weighted by atomic mass is 16.2. The molecule has 22 heavy (non-hydrogen) atoms. The summed E-state index contributed by atoms with van der Waals surface area (Å²) in [5.74, 6) is -0.157. The summed E-state index contributed by atoms with van der Waals surface area (Å²) in [4.78, 5) is 32.9. The van der Waals surface area contributed by atoms with Crippen LogP contribution in [0.5, 0.6) is 0 Å². The van der Waals surface area contributed by atoms with Crippen LogP contribution in [0, 0.1) is 0 Å². The molecule has 0 unspecified atom stereocenters. The van der Waals surface area contributed by atoms with Crippen molar-refractivity contribution >= 4 is 18.0 Å². The lowest BCUT2D eigenvalue weighted by Gasteiger charge is -2.34. The third-order valence-electron chi connectivity index (χ3n) is 3.65. The molecule has 1 saturated heterocycles. The number of carbonyl (C=O) groups excluding carboxylic acids is 2. The third-order valence-corrected chi connectivity index (χ3v) is 3.65. The maximum Gasteiger partial charge on any atom is 0.269 e. The van der Waals surface area contributed by atoms with Gasteiger partial charge in [0.1, 0.15) is 5.69 Å². The van der Waals surface area contributed by atoms with Gasteiger partial charge in [0.05, 0.1) is 0 Å². The molecule has 120 valence electrons. The Balaban J connectivity index is 1.95. The zero-order valence-electron chi connectivity index (χ0n) is 13.2. The Morgan fingerprint density at radius 3 is 2.73 bits per heavy atom. The molecule has 1 aliphatic rings. The van der Waals surface area contributed by atoms with Gasteiger partial charge in [0, 0.05) is 51.2 Å². The summed E-state index contributed by atoms with van der Waals surface area (Å²) in [6.45, 7) is 4.33. The molecule has 2 heterocycles. The highest BCUT2D eigenvalue weighted by molar-refractivity contribution is 5.93. The molecule has 2 amide bonds. The average Bonchev–Trinajstić information content (AvgIpc) is 2.54. The first kappa shape index (κ1) is 16.2. The predicted octanol–water partition coefficient (Wildman–Crippen LogP) is -0.349. The number of pyridine rings is 1. The molecular formula is C15H23N5O2. The molecule has 7 nitrogen and oxygen atoms in total. The smallest absolute Gasteiger partial charge is 0.269 e. The van der Waals surface area contributed by atoms with Gasteiger partial charge in [-0.05, 0) is 26.2 Å². The van der Waals surface area contributed by atoms with Gasteiger partial charge in [-0.3, -0.25) is 14.6 Å². The van der Waals surface area contributed by atoms with Gasteiger partial charge in [-0.2, -0.15) is 0 Å². The number of piperazine rings is 1. The molecule has 0 saturated carbocycles. The summed E-state index contributed by atoms with van der Waals surface area (Å²) < 4.78 is 0. The Morgan fingerprint density at radius 1 is 1.36 bits per heavy atom. The van der Waals surface area contributed by atoms with E-state index in [0.717, 1.165) is 31.7 Å². The number of aromatic nitrogens is 1. The summed E-state index contributed by atoms with van der Waals surface area (Å²) in [5, 5.41) is 2.86. The largest absolute Gasteiger partial charge is 0.368 e. The number of hydrogen-bond acceptors (Lipinski definition) is 5. The summed E-state index contributed by atoms with van der Waals surface area (Å²) >= 11 is 0. The normalized spacial score (nSPS) is 15.0. The maximum atomic E-state index is 12.1. The zero-order chi connectivity index (χ0) is 15.9. The van der Waals surface area contributed by atoms with Crippen LogP contribution in [-0.2, 0) is 4.79 Å². The van der Waals surface area contributed by atoms with E-state index >= 15 is 0 Å². The van der Waals surface area contributed by atoms with E-state index in [0.29, 0.717) is 25.3 Å². The molecule has 1 aliphatic heterocycles. The average molecular weight is 305 g/mol. The fraction of sp³-hybridized carbons (Fsp3) is 0.533. The molecule has 2 rings (SSSR count). The summed E-state index contributed by atoms with van der Waals surface area (Å²) in [6.07, 6.45) is 2.54. The topological polar surface area (TPSA) is 68.8 Å². The first-order valence-corrected chi connectivity index (χ1v) is 7.43. The second-order valence-electron chi connectivity index (χ2n) is 5.59. The van der Waals surface area contributed by atoms with Crippen LogP contribution < -0.4 is 10.2 Å². The second-order valence-corrected chi connectivity index (χ2v) is 5.59. The van der Waals surface area contributed by atoms with Crippen LogP contribution in [0.1, 0.15) is 10.5 Å². The molecule has 7 heteroatoms. The molecule has 1 aromatic heterocycles. The van der Waals surface area contributed by atoms with Gasteiger partial charge in [-0.25, -0.2) is 0 Å². The van der Waals surface area contributed by atoms with E-state index in [9.17, 15) is 9.59 Å². The monoisotopic (exact) mass is 305 g/mol. The van der Waals surface area contributed by atoms with E-state index in [1.165, 1.54) is 0 Å². The van der Waals surface area contributed by atoms with Crippen LogP contribution >= 0.6 is 0 Å². The van der Waals surface area contributed by atoms with Crippen molar-refractivity contribution in [2.24, 2.45) is 0 Å². The van der Waals surface area contributed by atoms with Gasteiger partial charge in [0.2, 0.25) is 6.41 Å². The van der Waals surface area contributed by atoms with Gasteiger partial charge in [0.15, 0.2) is 0 Å². The van der Waals surface area contributed by atoms with Crippen LogP contribution in [0.15, 0.2) is 18.3 Å². The summed E-state index contributed by atoms with van der Waals surface area (Å²) in [7, 11) is 3.92. The number of hydrogen-bond donors (Lipinski definition) is 1. The van der Waals surface area contributed by atoms with Crippen LogP contribution in [0.3, 0.4) is 0 Å². The van der Waals surface area contributed by atoms with Crippen LogP contribution in [-0.4, -0.2) is 80.5 Å². The van der Waals surface area contributed by atoms with Crippen molar-refractivity contribution in [1.29, 1.82) is 0 Å². The van der Waals surface area contributed by atoms with Crippen molar-refractivity contribution in [2.75, 3.05) is 58.3 Å². The SMILES string of the molecule is CN(C)CCNC(=O)c1cc(N2CCN(C=O)CC2)ccn1. The Labute approximate surface area is 130 Å². The van der Waals surface area contributed by atoms with Gasteiger partial charge >= 0.3 is 0 Å². The molecule has 0 aromatic carbocycles. The van der Waals surface area contributed by atoms with Gasteiger partial charge in [0.25, 0.3) is 5.91 Å². The highest BCUT2D eigenvalue weighted by Gasteiger charge is 2.17. The van der Waals surface area contributed by atoms with Crippen LogP contribution in [0.4, 0.5) is 5.69 Å². The maximum absolute atomic E-state index is 12.1. The first-order valence-electron chi connectivity index (χ1n) is 7.43. The van der Waals surface area contributed by atoms with E-state index in [2.05, 4.69) is 15.2 Å². The number of amides is 2. The Kier molecular flexibility index (Phi) is 5.71. The van der Waals surface area contributed by atoms with Crippen molar-refractivity contribution in [1.82, 2.24) is 20.1 Å². The molecular weight excluding hydrogens is 282 g/mol. The van der Waals surface area contributed by atoms with Crippen molar-refractivity contribution in [3.8, 4) is 0 Å². The van der Waals surface area contributed by atoms with Crippen LogP contribution in [0.2, 0.25) is 0 Å². The van der Waals surface area contributed by atoms with Gasteiger partial charge in [-0.15, -0.1) is 0 Å². The number of rotatable bonds is 6. The molecule has 0 bridgehead atoms. The lowest BCUT2D eigenvalue weighted by atomic mass is 10.2. The quantitative estimate of drug-likeness (QED) is 0.728. The number of anilines is 1. The van der Waals surface area contributed by atoms with E-state index in [1.54, 1.807) is 11.1 Å². The van der Waals surface area contributed by atoms with Crippen LogP contribution in [0.25, 0.3) is 0 Å². The Morgan fingerprint density at radius 2 is 2.09 bits per heavy atom. The van der Waals surface area contributed by atoms with E-state index < -0.39 is 0 Å². The molecule has 1 N–H and O–H groups in total. The van der Waals surface area contributed by atoms with E-state index in [-0.39, 0.29) is 5.91 Å². The molecule has 0 radical (unpaired) electrons. The predicted molar refractivity (Wildman–Crippen MR) is 85.0 cm³/mol. The fourth-order valence-corrected chi connectivity index (χ4v) is 2.31. The molecule has 1 fully saturated rings. The number of nitrogens with zero attached hydrogens (tertiary/aromatic N) is 4. The Hall–Kier alpha value is -2.15. The summed E-state index contributed by atoms with van der Waals surface area (Å²) in [6, 6.07) is 3.70. The molecule has 0 atom stereocenters. The third kappa shape index (κ3) is 4.42. The lowest BCUT2D eigenvalue weighted by molar-refractivity contribution is -0.118.